The Morgan fingerprint density at radius 3 is 1.41 bits per heavy atom. The van der Waals surface area contributed by atoms with Crippen LogP contribution in [0, 0.1) is 0 Å². The van der Waals surface area contributed by atoms with E-state index in [2.05, 4.69) is 91.7 Å². The molecule has 0 aromatic heterocycles. The van der Waals surface area contributed by atoms with Gasteiger partial charge < -0.3 is 26.6 Å². The van der Waals surface area contributed by atoms with Crippen molar-refractivity contribution in [2.75, 3.05) is 50.8 Å². The van der Waals surface area contributed by atoms with Crippen LogP contribution in [-0.2, 0) is 13.1 Å². The minimum atomic E-state index is 0.00694. The molecule has 1 aliphatic carbocycles. The van der Waals surface area contributed by atoms with Gasteiger partial charge in [0.1, 0.15) is 0 Å². The van der Waals surface area contributed by atoms with Crippen LogP contribution in [0.1, 0.15) is 67.2 Å². The molecule has 1 aliphatic heterocycles. The fourth-order valence-corrected chi connectivity index (χ4v) is 6.02. The molecule has 0 spiro atoms. The molecule has 1 saturated heterocycles. The van der Waals surface area contributed by atoms with E-state index in [1.54, 1.807) is 0 Å². The summed E-state index contributed by atoms with van der Waals surface area (Å²) in [6, 6.07) is 2.23. The first-order valence-corrected chi connectivity index (χ1v) is 18.0. The van der Waals surface area contributed by atoms with Gasteiger partial charge in [-0.1, -0.05) is 54.4 Å². The summed E-state index contributed by atoms with van der Waals surface area (Å²) in [6.07, 6.45) is 5.31. The zero-order valence-electron chi connectivity index (χ0n) is 22.2. The van der Waals surface area contributed by atoms with Crippen LogP contribution < -0.4 is 26.6 Å². The van der Waals surface area contributed by atoms with E-state index < -0.39 is 0 Å². The van der Waals surface area contributed by atoms with Crippen LogP contribution >= 0.6 is 43.7 Å². The average Bonchev–Trinajstić information content (AvgIpc) is 2.75. The summed E-state index contributed by atoms with van der Waals surface area (Å²) < 4.78 is 0.634. The van der Waals surface area contributed by atoms with Crippen molar-refractivity contribution in [1.82, 2.24) is 26.6 Å². The Balaban J connectivity index is 0.00000182. The van der Waals surface area contributed by atoms with Gasteiger partial charge >= 0.3 is 33.3 Å². The molecule has 5 N–H and O–H groups in total. The normalized spacial score (nSPS) is 28.6. The van der Waals surface area contributed by atoms with Gasteiger partial charge in [0.25, 0.3) is 0 Å². The van der Waals surface area contributed by atoms with Crippen molar-refractivity contribution in [2.24, 2.45) is 0 Å². The molecule has 0 amide bonds. The molecule has 2 unspecified atom stereocenters. The molecule has 2 fully saturated rings. The SMILES string of the molecule is CC(C)(C)SC[C@H]1CNC2CCCCC2NC[C@@H](CSC(C)(C)C)NCCNCCN1.[Cl][Mn][Cl]. The van der Waals surface area contributed by atoms with Crippen LogP contribution in [-0.4, -0.2) is 84.4 Å². The minimum absolute atomic E-state index is 0.00694. The Morgan fingerprint density at radius 2 is 1.06 bits per heavy atom. The van der Waals surface area contributed by atoms with Gasteiger partial charge in [-0.15, -0.1) is 0 Å². The van der Waals surface area contributed by atoms with Crippen LogP contribution in [0.4, 0.5) is 0 Å². The monoisotopic (exact) mass is 598 g/mol. The molecule has 0 bridgehead atoms. The van der Waals surface area contributed by atoms with E-state index in [1.807, 2.05) is 0 Å². The Labute approximate surface area is 233 Å². The molecule has 34 heavy (non-hydrogen) atoms. The standard InChI is InChI=1S/C24H51N5S2.2ClH.Mn/c1-23(2,3)30-17-19-15-28-21-9-7-8-10-22(21)29-16-20(18-31-24(4,5)6)27-14-12-25-11-13-26-19;;;/h19-22,25-29H,7-18H2,1-6H3;2*1H;/q;;;+2/p-2/t19-,20+,21?,22?;;;. The van der Waals surface area contributed by atoms with Gasteiger partial charge in [-0.25, -0.2) is 0 Å². The fraction of sp³-hybridized carbons (Fsp3) is 1.00. The maximum atomic E-state index is 4.80. The van der Waals surface area contributed by atoms with Gasteiger partial charge in [-0.3, -0.25) is 0 Å². The second-order valence-electron chi connectivity index (χ2n) is 11.3. The molecule has 1 saturated carbocycles. The summed E-state index contributed by atoms with van der Waals surface area (Å²) >= 11 is 4.16. The molecule has 1 heterocycles. The Morgan fingerprint density at radius 1 is 0.676 bits per heavy atom. The second kappa shape index (κ2) is 18.8. The third-order valence-corrected chi connectivity index (χ3v) is 8.79. The number of thioether (sulfide) groups is 2. The van der Waals surface area contributed by atoms with Crippen LogP contribution in [0.2, 0.25) is 0 Å². The third-order valence-electron chi connectivity index (χ3n) is 5.92. The summed E-state index contributed by atoms with van der Waals surface area (Å²) in [5.74, 6) is 2.32. The number of hydrogen-bond donors (Lipinski definition) is 5. The second-order valence-corrected chi connectivity index (χ2v) is 16.9. The predicted octanol–water partition coefficient (Wildman–Crippen LogP) is 4.44. The van der Waals surface area contributed by atoms with E-state index in [0.29, 0.717) is 33.7 Å². The van der Waals surface area contributed by atoms with E-state index >= 15 is 0 Å². The molecule has 10 heteroatoms. The number of nitrogens with one attached hydrogen (secondary N) is 5. The van der Waals surface area contributed by atoms with Crippen molar-refractivity contribution in [3.63, 3.8) is 0 Å². The molecule has 0 aromatic carbocycles. The zero-order chi connectivity index (χ0) is 25.5. The van der Waals surface area contributed by atoms with E-state index in [4.69, 9.17) is 20.2 Å². The summed E-state index contributed by atoms with van der Waals surface area (Å²) in [5, 5.41) is 19.2. The molecule has 4 atom stereocenters. The zero-order valence-corrected chi connectivity index (χ0v) is 26.6. The van der Waals surface area contributed by atoms with Gasteiger partial charge in [0, 0.05) is 84.4 Å². The van der Waals surface area contributed by atoms with Gasteiger partial charge in [-0.2, -0.15) is 23.5 Å². The fourth-order valence-electron chi connectivity index (χ4n) is 4.14. The van der Waals surface area contributed by atoms with Crippen molar-refractivity contribution in [1.29, 1.82) is 0 Å². The van der Waals surface area contributed by atoms with E-state index in [9.17, 15) is 0 Å². The van der Waals surface area contributed by atoms with Crippen LogP contribution in [0.3, 0.4) is 0 Å². The van der Waals surface area contributed by atoms with Crippen LogP contribution in [0.15, 0.2) is 0 Å². The first-order valence-electron chi connectivity index (χ1n) is 12.8. The first kappa shape index (κ1) is 33.6. The number of hydrogen-bond acceptors (Lipinski definition) is 7. The van der Waals surface area contributed by atoms with Crippen molar-refractivity contribution >= 4 is 43.7 Å². The quantitative estimate of drug-likeness (QED) is 0.307. The Kier molecular flexibility index (Phi) is 18.6. The molecule has 2 rings (SSSR count). The van der Waals surface area contributed by atoms with Gasteiger partial charge in [0.05, 0.1) is 0 Å². The summed E-state index contributed by atoms with van der Waals surface area (Å²) in [6.45, 7) is 20.2. The van der Waals surface area contributed by atoms with Crippen LogP contribution in [0.5, 0.6) is 0 Å². The van der Waals surface area contributed by atoms with Gasteiger partial charge in [0.2, 0.25) is 0 Å². The predicted molar refractivity (Wildman–Crippen MR) is 155 cm³/mol. The first-order chi connectivity index (χ1) is 16.0. The van der Waals surface area contributed by atoms with E-state index in [-0.39, 0.29) is 13.1 Å². The van der Waals surface area contributed by atoms with E-state index in [0.717, 1.165) is 50.8 Å². The Bertz CT molecular complexity index is 467. The third kappa shape index (κ3) is 18.0. The average molecular weight is 600 g/mol. The topological polar surface area (TPSA) is 60.1 Å². The number of halogens is 2. The number of rotatable bonds is 4. The van der Waals surface area contributed by atoms with E-state index in [1.165, 1.54) is 25.7 Å². The Hall–Kier alpha value is 1.60. The summed E-state index contributed by atoms with van der Waals surface area (Å²) in [7, 11) is 9.59. The molecule has 205 valence electrons. The molecular formula is C24H51Cl2MnN5S2. The van der Waals surface area contributed by atoms with Gasteiger partial charge in [-0.05, 0) is 12.8 Å². The molecule has 0 radical (unpaired) electrons. The number of fused-ring (bicyclic) bond motifs is 1. The molecular weight excluding hydrogens is 548 g/mol. The van der Waals surface area contributed by atoms with Crippen LogP contribution in [0.25, 0.3) is 0 Å². The molecule has 2 aliphatic rings. The van der Waals surface area contributed by atoms with Crippen molar-refractivity contribution in [3.05, 3.63) is 0 Å². The van der Waals surface area contributed by atoms with Gasteiger partial charge in [0.15, 0.2) is 0 Å². The maximum absolute atomic E-state index is 4.80. The van der Waals surface area contributed by atoms with Crippen molar-refractivity contribution < 1.29 is 13.1 Å². The summed E-state index contributed by atoms with van der Waals surface area (Å²) in [4.78, 5) is 0. The summed E-state index contributed by atoms with van der Waals surface area (Å²) in [5.41, 5.74) is 0. The van der Waals surface area contributed by atoms with Crippen molar-refractivity contribution in [2.45, 2.75) is 101 Å². The van der Waals surface area contributed by atoms with Crippen molar-refractivity contribution in [3.8, 4) is 0 Å². The molecule has 0 aromatic rings. The molecule has 5 nitrogen and oxygen atoms in total.